The Morgan fingerprint density at radius 1 is 1.06 bits per heavy atom. The van der Waals surface area contributed by atoms with Gasteiger partial charge in [-0.25, -0.2) is 4.98 Å². The van der Waals surface area contributed by atoms with Crippen molar-refractivity contribution < 1.29 is 14.0 Å². The summed E-state index contributed by atoms with van der Waals surface area (Å²) >= 11 is 0. The first-order valence-corrected chi connectivity index (χ1v) is 12.8. The number of nitrogens with one attached hydrogen (secondary N) is 1. The molecule has 1 N–H and O–H groups in total. The molecule has 2 atom stereocenters. The zero-order chi connectivity index (χ0) is 25.8. The molecule has 3 saturated heterocycles. The van der Waals surface area contributed by atoms with Gasteiger partial charge in [-0.3, -0.25) is 9.69 Å². The van der Waals surface area contributed by atoms with E-state index in [1.807, 2.05) is 40.0 Å². The summed E-state index contributed by atoms with van der Waals surface area (Å²) < 4.78 is 19.3. The summed E-state index contributed by atoms with van der Waals surface area (Å²) in [7, 11) is 1.18. The molecule has 194 valence electrons. The third-order valence-corrected chi connectivity index (χ3v) is 8.20. The van der Waals surface area contributed by atoms with Crippen molar-refractivity contribution in [3.63, 3.8) is 0 Å². The Bertz CT molecular complexity index is 1150. The molecular formula is C26H38BN5O4. The predicted octanol–water partition coefficient (Wildman–Crippen LogP) is 2.12. The van der Waals surface area contributed by atoms with Gasteiger partial charge >= 0.3 is 7.12 Å². The summed E-state index contributed by atoms with van der Waals surface area (Å²) in [6.45, 7) is 16.2. The minimum atomic E-state index is -0.550. The molecule has 0 bridgehead atoms. The minimum Gasteiger partial charge on any atom is -0.399 e. The summed E-state index contributed by atoms with van der Waals surface area (Å²) in [5.74, 6) is 0.618. The molecule has 3 fully saturated rings. The van der Waals surface area contributed by atoms with Crippen molar-refractivity contribution in [2.24, 2.45) is 7.05 Å². The van der Waals surface area contributed by atoms with E-state index in [4.69, 9.17) is 14.0 Å². The Morgan fingerprint density at radius 2 is 1.75 bits per heavy atom. The van der Waals surface area contributed by atoms with Gasteiger partial charge in [0.25, 0.3) is 5.56 Å². The lowest BCUT2D eigenvalue weighted by Crippen LogP contribution is -2.63. The first kappa shape index (κ1) is 25.3. The fourth-order valence-electron chi connectivity index (χ4n) is 5.14. The van der Waals surface area contributed by atoms with Gasteiger partial charge in [0.05, 0.1) is 42.3 Å². The Kier molecular flexibility index (Phi) is 6.43. The third kappa shape index (κ3) is 4.56. The van der Waals surface area contributed by atoms with Crippen molar-refractivity contribution in [2.75, 3.05) is 36.5 Å². The van der Waals surface area contributed by atoms with Crippen LogP contribution in [0.25, 0.3) is 0 Å². The molecule has 0 spiro atoms. The number of hydrogen-bond acceptors (Lipinski definition) is 8. The van der Waals surface area contributed by atoms with Gasteiger partial charge in [0.15, 0.2) is 0 Å². The standard InChI is InChI=1S/C26H38BN5O4/c1-17-13-32(21-15-34-16-21)18(2)12-31(17)20-8-9-23(28-11-20)29-22-10-19(14-30(7)24(22)33)27-35-25(3,4)26(5,6)36-27/h8-11,14,17-18,21H,12-13,15-16H2,1-7H3,(H,28,29). The Labute approximate surface area is 213 Å². The summed E-state index contributed by atoms with van der Waals surface area (Å²) in [5.41, 5.74) is 1.25. The Balaban J connectivity index is 1.31. The molecule has 2 unspecified atom stereocenters. The van der Waals surface area contributed by atoms with Gasteiger partial charge < -0.3 is 28.8 Å². The Morgan fingerprint density at radius 3 is 2.33 bits per heavy atom. The smallest absolute Gasteiger partial charge is 0.399 e. The number of ether oxygens (including phenoxy) is 1. The van der Waals surface area contributed by atoms with Crippen LogP contribution in [-0.4, -0.2) is 77.2 Å². The van der Waals surface area contributed by atoms with Crippen molar-refractivity contribution >= 4 is 29.8 Å². The average Bonchev–Trinajstić information content (AvgIpc) is 3.00. The van der Waals surface area contributed by atoms with Crippen LogP contribution in [0.3, 0.4) is 0 Å². The highest BCUT2D eigenvalue weighted by atomic mass is 16.7. The molecule has 5 heterocycles. The topological polar surface area (TPSA) is 81.1 Å². The van der Waals surface area contributed by atoms with Crippen LogP contribution >= 0.6 is 0 Å². The van der Waals surface area contributed by atoms with Crippen molar-refractivity contribution in [1.82, 2.24) is 14.5 Å². The van der Waals surface area contributed by atoms with Gasteiger partial charge in [-0.2, -0.15) is 0 Å². The molecule has 0 aromatic carbocycles. The van der Waals surface area contributed by atoms with Crippen LogP contribution in [0.15, 0.2) is 35.4 Å². The highest BCUT2D eigenvalue weighted by Gasteiger charge is 2.52. The molecule has 5 rings (SSSR count). The summed E-state index contributed by atoms with van der Waals surface area (Å²) in [6, 6.07) is 7.18. The van der Waals surface area contributed by atoms with Crippen LogP contribution in [0, 0.1) is 0 Å². The van der Waals surface area contributed by atoms with E-state index in [1.54, 1.807) is 23.9 Å². The van der Waals surface area contributed by atoms with Gasteiger partial charge in [-0.15, -0.1) is 0 Å². The predicted molar refractivity (Wildman–Crippen MR) is 143 cm³/mol. The van der Waals surface area contributed by atoms with Crippen molar-refractivity contribution in [1.29, 1.82) is 0 Å². The zero-order valence-electron chi connectivity index (χ0n) is 22.4. The molecule has 3 aliphatic heterocycles. The van der Waals surface area contributed by atoms with Gasteiger partial charge in [0.2, 0.25) is 0 Å². The molecule has 0 amide bonds. The highest BCUT2D eigenvalue weighted by molar-refractivity contribution is 6.62. The van der Waals surface area contributed by atoms with E-state index in [2.05, 4.69) is 40.0 Å². The molecule has 3 aliphatic rings. The number of piperazine rings is 1. The maximum Gasteiger partial charge on any atom is 0.496 e. The van der Waals surface area contributed by atoms with E-state index in [1.165, 1.54) is 0 Å². The summed E-state index contributed by atoms with van der Waals surface area (Å²) in [4.78, 5) is 22.5. The molecule has 9 nitrogen and oxygen atoms in total. The Hall–Kier alpha value is -2.40. The van der Waals surface area contributed by atoms with E-state index in [9.17, 15) is 4.79 Å². The second-order valence-electron chi connectivity index (χ2n) is 11.5. The normalized spacial score (nSPS) is 26.2. The molecule has 2 aromatic rings. The maximum atomic E-state index is 12.9. The number of nitrogens with zero attached hydrogens (tertiary/aromatic N) is 4. The lowest BCUT2D eigenvalue weighted by Gasteiger charge is -2.50. The van der Waals surface area contributed by atoms with Crippen molar-refractivity contribution in [3.8, 4) is 0 Å². The van der Waals surface area contributed by atoms with Crippen molar-refractivity contribution in [2.45, 2.75) is 70.9 Å². The van der Waals surface area contributed by atoms with Gasteiger partial charge in [-0.05, 0) is 59.7 Å². The number of aryl methyl sites for hydroxylation is 1. The largest absolute Gasteiger partial charge is 0.496 e. The number of aromatic nitrogens is 2. The molecule has 0 saturated carbocycles. The van der Waals surface area contributed by atoms with E-state index >= 15 is 0 Å². The molecule has 10 heteroatoms. The van der Waals surface area contributed by atoms with Crippen LogP contribution in [0.5, 0.6) is 0 Å². The third-order valence-electron chi connectivity index (χ3n) is 8.20. The second kappa shape index (κ2) is 9.17. The van der Waals surface area contributed by atoms with Gasteiger partial charge in [-0.1, -0.05) is 0 Å². The lowest BCUT2D eigenvalue weighted by atomic mass is 9.80. The maximum absolute atomic E-state index is 12.9. The van der Waals surface area contributed by atoms with Crippen molar-refractivity contribution in [3.05, 3.63) is 40.9 Å². The summed E-state index contributed by atoms with van der Waals surface area (Å²) in [5, 5.41) is 3.21. The second-order valence-corrected chi connectivity index (χ2v) is 11.5. The number of rotatable bonds is 5. The average molecular weight is 495 g/mol. The molecule has 2 aromatic heterocycles. The van der Waals surface area contributed by atoms with Crippen LogP contribution in [0.2, 0.25) is 0 Å². The molecule has 0 aliphatic carbocycles. The SMILES string of the molecule is CC1CN(C2COC2)C(C)CN1c1ccc(Nc2cc(B3OC(C)(C)C(C)(C)O3)cn(C)c2=O)nc1. The lowest BCUT2D eigenvalue weighted by molar-refractivity contribution is -0.0828. The molecular weight excluding hydrogens is 457 g/mol. The van der Waals surface area contributed by atoms with E-state index in [0.717, 1.165) is 37.5 Å². The van der Waals surface area contributed by atoms with E-state index in [-0.39, 0.29) is 5.56 Å². The minimum absolute atomic E-state index is 0.139. The van der Waals surface area contributed by atoms with Gasteiger partial charge in [0, 0.05) is 43.9 Å². The number of anilines is 3. The fourth-order valence-corrected chi connectivity index (χ4v) is 5.14. The zero-order valence-corrected chi connectivity index (χ0v) is 22.4. The molecule has 0 radical (unpaired) electrons. The first-order chi connectivity index (χ1) is 16.9. The first-order valence-electron chi connectivity index (χ1n) is 12.8. The van der Waals surface area contributed by atoms with Gasteiger partial charge in [0.1, 0.15) is 11.5 Å². The van der Waals surface area contributed by atoms with E-state index < -0.39 is 18.3 Å². The van der Waals surface area contributed by atoms with Crippen LogP contribution < -0.4 is 21.2 Å². The van der Waals surface area contributed by atoms with Crippen LogP contribution in [0.4, 0.5) is 17.2 Å². The molecule has 36 heavy (non-hydrogen) atoms. The quantitative estimate of drug-likeness (QED) is 0.633. The monoisotopic (exact) mass is 495 g/mol. The van der Waals surface area contributed by atoms with E-state index in [0.29, 0.717) is 29.6 Å². The fraction of sp³-hybridized carbons (Fsp3) is 0.615. The number of hydrogen-bond donors (Lipinski definition) is 1. The number of pyridine rings is 2. The van der Waals surface area contributed by atoms with Crippen LogP contribution in [0.1, 0.15) is 41.5 Å². The summed E-state index contributed by atoms with van der Waals surface area (Å²) in [6.07, 6.45) is 3.65. The highest BCUT2D eigenvalue weighted by Crippen LogP contribution is 2.36. The van der Waals surface area contributed by atoms with Crippen LogP contribution in [-0.2, 0) is 21.1 Å².